The Morgan fingerprint density at radius 1 is 1.36 bits per heavy atom. The number of unbranched alkanes of at least 4 members (excludes halogenated alkanes) is 2. The lowest BCUT2D eigenvalue weighted by Crippen LogP contribution is -2.12. The van der Waals surface area contributed by atoms with Crippen LogP contribution in [-0.4, -0.2) is 29.2 Å². The van der Waals surface area contributed by atoms with Gasteiger partial charge in [0.15, 0.2) is 6.29 Å². The minimum atomic E-state index is -1.19. The van der Waals surface area contributed by atoms with Gasteiger partial charge < -0.3 is 15.0 Å². The smallest absolute Gasteiger partial charge is 0.150 e. The lowest BCUT2D eigenvalue weighted by Gasteiger charge is -1.89. The van der Waals surface area contributed by atoms with Gasteiger partial charge in [0.25, 0.3) is 0 Å². The summed E-state index contributed by atoms with van der Waals surface area (Å²) in [4.78, 5) is 9.33. The summed E-state index contributed by atoms with van der Waals surface area (Å²) in [6.07, 6.45) is 3.16. The largest absolute Gasteiger partial charge is 0.393 e. The molecule has 0 bridgehead atoms. The van der Waals surface area contributed by atoms with Crippen LogP contribution in [0.1, 0.15) is 33.1 Å². The summed E-state index contributed by atoms with van der Waals surface area (Å²) >= 11 is 0. The molecule has 0 aromatic rings. The van der Waals surface area contributed by atoms with E-state index in [1.807, 2.05) is 0 Å². The van der Waals surface area contributed by atoms with Crippen LogP contribution in [0.2, 0.25) is 0 Å². The summed E-state index contributed by atoms with van der Waals surface area (Å²) in [5, 5.41) is 15.9. The fourth-order valence-corrected chi connectivity index (χ4v) is 0.397. The van der Waals surface area contributed by atoms with Crippen LogP contribution in [0, 0.1) is 0 Å². The highest BCUT2D eigenvalue weighted by atomic mass is 16.3. The Labute approximate surface area is 68.0 Å². The topological polar surface area (TPSA) is 57.5 Å². The second kappa shape index (κ2) is 12.3. The number of hydrogen-bond acceptors (Lipinski definition) is 3. The molecule has 0 rings (SSSR count). The summed E-state index contributed by atoms with van der Waals surface area (Å²) in [6, 6.07) is 0. The van der Waals surface area contributed by atoms with Crippen LogP contribution >= 0.6 is 0 Å². The van der Waals surface area contributed by atoms with Gasteiger partial charge in [-0.25, -0.2) is 0 Å². The first kappa shape index (κ1) is 13.2. The Kier molecular flexibility index (Phi) is 14.7. The van der Waals surface area contributed by atoms with E-state index in [0.717, 1.165) is 0 Å². The van der Waals surface area contributed by atoms with Crippen molar-refractivity contribution >= 4 is 6.29 Å². The second-order valence-corrected chi connectivity index (χ2v) is 2.24. The van der Waals surface area contributed by atoms with E-state index in [9.17, 15) is 4.79 Å². The van der Waals surface area contributed by atoms with Gasteiger partial charge >= 0.3 is 0 Å². The van der Waals surface area contributed by atoms with Crippen LogP contribution in [0.5, 0.6) is 0 Å². The van der Waals surface area contributed by atoms with Crippen molar-refractivity contribution in [3.8, 4) is 0 Å². The molecule has 0 aromatic carbocycles. The van der Waals surface area contributed by atoms with Gasteiger partial charge in [-0.15, -0.1) is 0 Å². The monoisotopic (exact) mass is 162 g/mol. The highest BCUT2D eigenvalue weighted by molar-refractivity contribution is 5.55. The molecule has 0 saturated carbocycles. The van der Waals surface area contributed by atoms with E-state index in [1.54, 1.807) is 0 Å². The number of aldehydes is 1. The number of rotatable bonds is 4. The zero-order valence-electron chi connectivity index (χ0n) is 7.29. The summed E-state index contributed by atoms with van der Waals surface area (Å²) in [7, 11) is 0. The average molecular weight is 162 g/mol. The van der Waals surface area contributed by atoms with Gasteiger partial charge in [-0.05, 0) is 0 Å². The third-order valence-corrected chi connectivity index (χ3v) is 1.05. The molecular weight excluding hydrogens is 144 g/mol. The summed E-state index contributed by atoms with van der Waals surface area (Å²) in [5.41, 5.74) is 0. The molecule has 0 amide bonds. The van der Waals surface area contributed by atoms with Gasteiger partial charge in [-0.1, -0.05) is 33.1 Å². The van der Waals surface area contributed by atoms with E-state index in [4.69, 9.17) is 10.2 Å². The number of carbonyl (C=O) groups is 1. The molecule has 0 spiro atoms. The lowest BCUT2D eigenvalue weighted by atomic mass is 10.3. The Morgan fingerprint density at radius 3 is 1.82 bits per heavy atom. The molecule has 1 atom stereocenters. The van der Waals surface area contributed by atoms with E-state index in [0.29, 0.717) is 0 Å². The quantitative estimate of drug-likeness (QED) is 0.599. The van der Waals surface area contributed by atoms with Crippen molar-refractivity contribution in [1.82, 2.24) is 0 Å². The van der Waals surface area contributed by atoms with Crippen LogP contribution < -0.4 is 0 Å². The summed E-state index contributed by atoms with van der Waals surface area (Å²) in [5.74, 6) is 0. The standard InChI is InChI=1S/C5H12.C3H6O3/c1-3-5-4-2;4-1-3(6)2-5/h3-5H2,1-2H3;1,3,5-6H,2H2. The lowest BCUT2D eigenvalue weighted by molar-refractivity contribution is -0.116. The van der Waals surface area contributed by atoms with Crippen LogP contribution in [-0.2, 0) is 4.79 Å². The average Bonchev–Trinajstić information content (AvgIpc) is 2.06. The maximum absolute atomic E-state index is 9.33. The van der Waals surface area contributed by atoms with Crippen molar-refractivity contribution in [2.75, 3.05) is 6.61 Å². The van der Waals surface area contributed by atoms with E-state index in [1.165, 1.54) is 19.3 Å². The second-order valence-electron chi connectivity index (χ2n) is 2.24. The first-order valence-electron chi connectivity index (χ1n) is 3.97. The van der Waals surface area contributed by atoms with Crippen molar-refractivity contribution < 1.29 is 15.0 Å². The first-order valence-corrected chi connectivity index (χ1v) is 3.97. The number of aliphatic hydroxyl groups is 2. The van der Waals surface area contributed by atoms with Crippen LogP contribution in [0.15, 0.2) is 0 Å². The predicted molar refractivity (Wildman–Crippen MR) is 44.4 cm³/mol. The molecule has 0 aliphatic heterocycles. The highest BCUT2D eigenvalue weighted by Crippen LogP contribution is 1.88. The molecule has 0 heterocycles. The predicted octanol–water partition coefficient (Wildman–Crippen LogP) is 0.735. The molecule has 0 saturated heterocycles. The van der Waals surface area contributed by atoms with Gasteiger partial charge in [-0.3, -0.25) is 0 Å². The Hall–Kier alpha value is -0.410. The number of aliphatic hydroxyl groups excluding tert-OH is 2. The maximum Gasteiger partial charge on any atom is 0.150 e. The molecule has 0 radical (unpaired) electrons. The molecule has 3 nitrogen and oxygen atoms in total. The van der Waals surface area contributed by atoms with E-state index >= 15 is 0 Å². The first-order chi connectivity index (χ1) is 5.22. The van der Waals surface area contributed by atoms with Crippen LogP contribution in [0.25, 0.3) is 0 Å². The molecule has 3 heteroatoms. The normalized spacial score (nSPS) is 11.3. The van der Waals surface area contributed by atoms with Gasteiger partial charge in [0.05, 0.1) is 6.61 Å². The molecule has 0 aromatic heterocycles. The van der Waals surface area contributed by atoms with Crippen molar-refractivity contribution in [3.63, 3.8) is 0 Å². The van der Waals surface area contributed by atoms with Gasteiger partial charge in [-0.2, -0.15) is 0 Å². The maximum atomic E-state index is 9.33. The molecule has 0 aliphatic carbocycles. The number of carbonyl (C=O) groups excluding carboxylic acids is 1. The summed E-state index contributed by atoms with van der Waals surface area (Å²) < 4.78 is 0. The minimum Gasteiger partial charge on any atom is -0.393 e. The van der Waals surface area contributed by atoms with Gasteiger partial charge in [0, 0.05) is 0 Å². The van der Waals surface area contributed by atoms with Crippen molar-refractivity contribution in [2.45, 2.75) is 39.2 Å². The van der Waals surface area contributed by atoms with E-state index in [-0.39, 0.29) is 6.29 Å². The Balaban J connectivity index is 0. The fourth-order valence-electron chi connectivity index (χ4n) is 0.397. The highest BCUT2D eigenvalue weighted by Gasteiger charge is 1.92. The SMILES string of the molecule is CCCCC.O=CC(O)CO. The van der Waals surface area contributed by atoms with Crippen molar-refractivity contribution in [1.29, 1.82) is 0 Å². The molecule has 11 heavy (non-hydrogen) atoms. The van der Waals surface area contributed by atoms with Gasteiger partial charge in [0.1, 0.15) is 6.10 Å². The fraction of sp³-hybridized carbons (Fsp3) is 0.875. The third kappa shape index (κ3) is 17.7. The molecule has 0 fully saturated rings. The van der Waals surface area contributed by atoms with Crippen molar-refractivity contribution in [3.05, 3.63) is 0 Å². The molecule has 68 valence electrons. The van der Waals surface area contributed by atoms with Gasteiger partial charge in [0.2, 0.25) is 0 Å². The zero-order chi connectivity index (χ0) is 9.11. The third-order valence-electron chi connectivity index (χ3n) is 1.05. The molecular formula is C8H18O3. The zero-order valence-corrected chi connectivity index (χ0v) is 7.29. The Morgan fingerprint density at radius 2 is 1.82 bits per heavy atom. The summed E-state index contributed by atoms with van der Waals surface area (Å²) in [6.45, 7) is 3.94. The van der Waals surface area contributed by atoms with Crippen LogP contribution in [0.3, 0.4) is 0 Å². The molecule has 2 N–H and O–H groups in total. The molecule has 0 aliphatic rings. The van der Waals surface area contributed by atoms with Crippen molar-refractivity contribution in [2.24, 2.45) is 0 Å². The van der Waals surface area contributed by atoms with E-state index < -0.39 is 12.7 Å². The Bertz CT molecular complexity index is 71.7. The molecule has 1 unspecified atom stereocenters. The van der Waals surface area contributed by atoms with E-state index in [2.05, 4.69) is 13.8 Å². The van der Waals surface area contributed by atoms with Crippen LogP contribution in [0.4, 0.5) is 0 Å². The number of hydrogen-bond donors (Lipinski definition) is 2. The minimum absolute atomic E-state index is 0.278.